The van der Waals surface area contributed by atoms with Crippen molar-refractivity contribution in [2.24, 2.45) is 0 Å². The van der Waals surface area contributed by atoms with E-state index in [4.69, 9.17) is 75.2 Å². The summed E-state index contributed by atoms with van der Waals surface area (Å²) in [5, 5.41) is 3.33. The fraction of sp³-hybridized carbons (Fsp3) is 0. The van der Waals surface area contributed by atoms with Gasteiger partial charge in [-0.25, -0.2) is 0 Å². The normalized spacial score (nSPS) is 12.3. The Morgan fingerprint density at radius 2 is 0.458 bits per heavy atom. The monoisotopic (exact) mass is 1150 g/mol. The van der Waals surface area contributed by atoms with Crippen molar-refractivity contribution >= 4 is 137 Å². The van der Waals surface area contributed by atoms with Crippen LogP contribution >= 0.6 is 69.6 Å². The van der Waals surface area contributed by atoms with Crippen LogP contribution in [0.1, 0.15) is 0 Å². The molecule has 0 aliphatic carbocycles. The minimum absolute atomic E-state index is 0.555. The number of benzene rings is 6. The molecule has 0 unspecified atom stereocenters. The number of hydrogen-bond donors (Lipinski definition) is 0. The SMILES string of the molecule is O=C([O][BiH]([c]1ccc(Cl)cc1)([c]1ccc(Cl)cc1)[c]1ccc(Cl)cc1)[O][BiH]([c]1ccc(Cl)cc1)([c]1ccc(Cl)cc1)[c]1ccc(Cl)cc1. The molecule has 6 aromatic rings. The maximum atomic E-state index is 14.8. The molecule has 0 radical (unpaired) electrons. The molecule has 0 amide bonds. The van der Waals surface area contributed by atoms with Crippen LogP contribution < -0.4 is 19.6 Å². The van der Waals surface area contributed by atoms with Crippen LogP contribution in [0.4, 0.5) is 4.79 Å². The second-order valence-electron chi connectivity index (χ2n) is 10.9. The molecule has 0 fully saturated rings. The van der Waals surface area contributed by atoms with Gasteiger partial charge < -0.3 is 0 Å². The van der Waals surface area contributed by atoms with Gasteiger partial charge in [-0.3, -0.25) is 0 Å². The van der Waals surface area contributed by atoms with Gasteiger partial charge in [-0.15, -0.1) is 0 Å². The predicted octanol–water partition coefficient (Wildman–Crippen LogP) is 7.86. The van der Waals surface area contributed by atoms with Crippen LogP contribution in [-0.2, 0) is 5.63 Å². The summed E-state index contributed by atoms with van der Waals surface area (Å²) in [7, 11) is 0. The molecule has 0 atom stereocenters. The van der Waals surface area contributed by atoms with E-state index in [1.807, 2.05) is 72.8 Å². The topological polar surface area (TPSA) is 35.5 Å². The van der Waals surface area contributed by atoms with Crippen LogP contribution in [0, 0.1) is 0 Å². The van der Waals surface area contributed by atoms with E-state index in [9.17, 15) is 4.79 Å². The Kier molecular flexibility index (Phi) is 11.6. The fourth-order valence-corrected chi connectivity index (χ4v) is 35.4. The summed E-state index contributed by atoms with van der Waals surface area (Å²) in [6, 6.07) is 44.5. The summed E-state index contributed by atoms with van der Waals surface area (Å²) in [4.78, 5) is 14.8. The number of rotatable bonds is 8. The molecule has 0 aliphatic rings. The van der Waals surface area contributed by atoms with Gasteiger partial charge in [0.1, 0.15) is 0 Å². The first-order valence-electron chi connectivity index (χ1n) is 14.6. The van der Waals surface area contributed by atoms with E-state index in [0.717, 1.165) is 19.6 Å². The summed E-state index contributed by atoms with van der Waals surface area (Å²) in [5.41, 5.74) is 0. The Hall–Kier alpha value is -1.90. The second-order valence-corrected chi connectivity index (χ2v) is 39.1. The van der Waals surface area contributed by atoms with Crippen molar-refractivity contribution in [1.82, 2.24) is 0 Å². The summed E-state index contributed by atoms with van der Waals surface area (Å²) in [5.74, 6) is 0. The number of halogens is 6. The predicted molar refractivity (Wildman–Crippen MR) is 208 cm³/mol. The van der Waals surface area contributed by atoms with Gasteiger partial charge in [0.25, 0.3) is 0 Å². The van der Waals surface area contributed by atoms with E-state index in [1.165, 1.54) is 0 Å². The van der Waals surface area contributed by atoms with E-state index < -0.39 is 47.6 Å². The molecule has 0 aliphatic heterocycles. The zero-order chi connectivity index (χ0) is 33.9. The molecular weight excluding hydrogens is 1120 g/mol. The molecule has 6 rings (SSSR count). The summed E-state index contributed by atoms with van der Waals surface area (Å²) < 4.78 is 18.9. The Morgan fingerprint density at radius 1 is 0.312 bits per heavy atom. The summed E-state index contributed by atoms with van der Waals surface area (Å²) >= 11 is 28.3. The molecule has 48 heavy (non-hydrogen) atoms. The molecule has 0 spiro atoms. The molecule has 3 nitrogen and oxygen atoms in total. The van der Waals surface area contributed by atoms with Gasteiger partial charge in [0, 0.05) is 0 Å². The summed E-state index contributed by atoms with van der Waals surface area (Å²) in [6.45, 7) is 0. The van der Waals surface area contributed by atoms with Crippen molar-refractivity contribution in [2.75, 3.05) is 0 Å². The number of carbonyl (C=O) groups excluding carboxylic acids is 1. The van der Waals surface area contributed by atoms with Crippen LogP contribution in [0.5, 0.6) is 0 Å². The molecule has 11 heteroatoms. The molecule has 0 bridgehead atoms. The average Bonchev–Trinajstić information content (AvgIpc) is 3.09. The molecule has 0 aromatic heterocycles. The standard InChI is InChI=1S/6C6H4Cl.CH2O3.2Bi.2H/c6*7-6-4-2-1-3-5-6;2-1(3)4;;;;/h6*2-5H;(H2,2,3,4);;;;/q;;;;;;;2*+1;;/p-2. The van der Waals surface area contributed by atoms with Gasteiger partial charge in [0.15, 0.2) is 0 Å². The van der Waals surface area contributed by atoms with Gasteiger partial charge in [0.05, 0.1) is 0 Å². The molecule has 0 saturated heterocycles. The number of hydrogen-bond acceptors (Lipinski definition) is 3. The van der Waals surface area contributed by atoms with Crippen LogP contribution in [0.25, 0.3) is 0 Å². The van der Waals surface area contributed by atoms with Crippen molar-refractivity contribution in [3.05, 3.63) is 176 Å². The Balaban J connectivity index is 1.59. The average molecular weight is 1150 g/mol. The van der Waals surface area contributed by atoms with Crippen molar-refractivity contribution in [3.8, 4) is 0 Å². The Labute approximate surface area is 319 Å². The zero-order valence-electron chi connectivity index (χ0n) is 24.8. The van der Waals surface area contributed by atoms with Gasteiger partial charge in [-0.2, -0.15) is 0 Å². The Bertz CT molecular complexity index is 1650. The van der Waals surface area contributed by atoms with Crippen LogP contribution in [0.2, 0.25) is 30.1 Å². The van der Waals surface area contributed by atoms with E-state index >= 15 is 0 Å². The third-order valence-electron chi connectivity index (χ3n) is 7.98. The van der Waals surface area contributed by atoms with Gasteiger partial charge in [-0.1, -0.05) is 0 Å². The quantitative estimate of drug-likeness (QED) is 0.146. The van der Waals surface area contributed by atoms with Crippen LogP contribution in [0.3, 0.4) is 0 Å². The van der Waals surface area contributed by atoms with E-state index in [2.05, 4.69) is 0 Å². The van der Waals surface area contributed by atoms with E-state index in [0.29, 0.717) is 30.1 Å². The van der Waals surface area contributed by atoms with Gasteiger partial charge >= 0.3 is 323 Å². The zero-order valence-corrected chi connectivity index (χ0v) is 37.2. The first-order valence-corrected chi connectivity index (χ1v) is 31.7. The maximum absolute atomic E-state index is 14.8. The van der Waals surface area contributed by atoms with Crippen molar-refractivity contribution < 1.29 is 10.4 Å². The Morgan fingerprint density at radius 3 is 0.604 bits per heavy atom. The molecule has 0 N–H and O–H groups in total. The first-order chi connectivity index (χ1) is 23.1. The van der Waals surface area contributed by atoms with E-state index in [-0.39, 0.29) is 0 Å². The first kappa shape index (κ1) is 35.9. The van der Waals surface area contributed by atoms with Gasteiger partial charge in [0.2, 0.25) is 0 Å². The van der Waals surface area contributed by atoms with E-state index in [1.54, 1.807) is 72.8 Å². The van der Waals surface area contributed by atoms with Crippen molar-refractivity contribution in [1.29, 1.82) is 0 Å². The summed E-state index contributed by atoms with van der Waals surface area (Å²) in [6.07, 6.45) is -0.793. The molecule has 6 aromatic carbocycles. The minimum atomic E-state index is -4.96. The van der Waals surface area contributed by atoms with Crippen molar-refractivity contribution in [2.45, 2.75) is 0 Å². The van der Waals surface area contributed by atoms with Crippen LogP contribution in [-0.4, -0.2) is 47.6 Å². The molecule has 244 valence electrons. The molecule has 0 heterocycles. The fourth-order valence-electron chi connectivity index (χ4n) is 5.73. The molecular formula is C37H26Bi2Cl6O3. The third kappa shape index (κ3) is 7.56. The third-order valence-corrected chi connectivity index (χ3v) is 39.9. The molecule has 0 saturated carbocycles. The van der Waals surface area contributed by atoms with Gasteiger partial charge in [-0.05, 0) is 0 Å². The second kappa shape index (κ2) is 15.5. The van der Waals surface area contributed by atoms with Crippen molar-refractivity contribution in [3.63, 3.8) is 0 Å². The van der Waals surface area contributed by atoms with Crippen LogP contribution in [0.15, 0.2) is 146 Å². The number of carbonyl (C=O) groups is 1.